The minimum atomic E-state index is -1.75. The lowest BCUT2D eigenvalue weighted by Crippen LogP contribution is -2.47. The molecule has 164 valence electrons. The highest BCUT2D eigenvalue weighted by Gasteiger charge is 2.64. The third kappa shape index (κ3) is 4.09. The SMILES string of the molecule is COC(C)(C)ON=C(C(C)C)C1(C(O)(Cn2cncn2)c2ccc(F)cc2F)CC1. The lowest BCUT2D eigenvalue weighted by molar-refractivity contribution is -0.198. The van der Waals surface area contributed by atoms with Crippen LogP contribution in [0.3, 0.4) is 0 Å². The first kappa shape index (κ1) is 22.3. The molecule has 1 heterocycles. The highest BCUT2D eigenvalue weighted by molar-refractivity contribution is 5.95. The van der Waals surface area contributed by atoms with Crippen LogP contribution in [0.15, 0.2) is 36.0 Å². The van der Waals surface area contributed by atoms with Crippen LogP contribution in [0.2, 0.25) is 0 Å². The van der Waals surface area contributed by atoms with Gasteiger partial charge in [0.15, 0.2) is 0 Å². The molecule has 1 atom stereocenters. The maximum Gasteiger partial charge on any atom is 0.230 e. The van der Waals surface area contributed by atoms with Gasteiger partial charge in [-0.2, -0.15) is 5.10 Å². The van der Waals surface area contributed by atoms with E-state index in [2.05, 4.69) is 15.2 Å². The van der Waals surface area contributed by atoms with Crippen LogP contribution >= 0.6 is 0 Å². The van der Waals surface area contributed by atoms with E-state index in [-0.39, 0.29) is 18.0 Å². The van der Waals surface area contributed by atoms with E-state index in [1.807, 2.05) is 13.8 Å². The summed E-state index contributed by atoms with van der Waals surface area (Å²) in [7, 11) is 1.51. The molecule has 0 aliphatic heterocycles. The van der Waals surface area contributed by atoms with Crippen molar-refractivity contribution in [1.82, 2.24) is 14.8 Å². The van der Waals surface area contributed by atoms with Gasteiger partial charge in [-0.25, -0.2) is 18.4 Å². The molecule has 30 heavy (non-hydrogen) atoms. The second-order valence-electron chi connectivity index (χ2n) is 8.49. The first-order valence-corrected chi connectivity index (χ1v) is 9.87. The summed E-state index contributed by atoms with van der Waals surface area (Å²) in [5.41, 5.74) is -2.09. The topological polar surface area (TPSA) is 81.8 Å². The van der Waals surface area contributed by atoms with Gasteiger partial charge in [-0.05, 0) is 24.8 Å². The van der Waals surface area contributed by atoms with Gasteiger partial charge in [0.25, 0.3) is 0 Å². The van der Waals surface area contributed by atoms with Crippen molar-refractivity contribution in [2.75, 3.05) is 7.11 Å². The smallest absolute Gasteiger partial charge is 0.230 e. The van der Waals surface area contributed by atoms with E-state index in [0.717, 1.165) is 12.1 Å². The van der Waals surface area contributed by atoms with E-state index in [1.54, 1.807) is 13.8 Å². The number of hydrogen-bond acceptors (Lipinski definition) is 6. The van der Waals surface area contributed by atoms with Crippen LogP contribution in [-0.2, 0) is 21.7 Å². The standard InChI is InChI=1S/C21H28F2N4O3/c1-14(2)18(26-30-19(3,4)29-5)20(8-9-20)21(28,11-27-13-24-12-25-27)16-7-6-15(22)10-17(16)23/h6-7,10,12-14,28H,8-9,11H2,1-5H3. The van der Waals surface area contributed by atoms with E-state index < -0.39 is 28.4 Å². The Kier molecular flexibility index (Phi) is 5.97. The molecule has 1 aliphatic rings. The lowest BCUT2D eigenvalue weighted by Gasteiger charge is -2.39. The summed E-state index contributed by atoms with van der Waals surface area (Å²) in [5, 5.41) is 20.4. The molecule has 1 aromatic heterocycles. The molecular weight excluding hydrogens is 394 g/mol. The number of oxime groups is 1. The van der Waals surface area contributed by atoms with Gasteiger partial charge >= 0.3 is 0 Å². The van der Waals surface area contributed by atoms with Gasteiger partial charge in [-0.3, -0.25) is 0 Å². The predicted octanol–water partition coefficient (Wildman–Crippen LogP) is 3.64. The molecule has 2 aromatic rings. The third-order valence-electron chi connectivity index (χ3n) is 5.67. The number of hydrogen-bond donors (Lipinski definition) is 1. The molecule has 0 bridgehead atoms. The zero-order valence-corrected chi connectivity index (χ0v) is 17.9. The van der Waals surface area contributed by atoms with Gasteiger partial charge in [0.05, 0.1) is 12.3 Å². The van der Waals surface area contributed by atoms with E-state index in [4.69, 9.17) is 9.57 Å². The first-order valence-electron chi connectivity index (χ1n) is 9.87. The second-order valence-corrected chi connectivity index (χ2v) is 8.49. The molecule has 1 saturated carbocycles. The Hall–Kier alpha value is -2.39. The fraction of sp³-hybridized carbons (Fsp3) is 0.571. The summed E-state index contributed by atoms with van der Waals surface area (Å²) in [6, 6.07) is 3.19. The Labute approximate surface area is 174 Å². The second kappa shape index (κ2) is 8.03. The van der Waals surface area contributed by atoms with Gasteiger partial charge in [0, 0.05) is 38.0 Å². The molecule has 0 amide bonds. The number of halogens is 2. The summed E-state index contributed by atoms with van der Waals surface area (Å²) in [6.07, 6.45) is 3.90. The average Bonchev–Trinajstić information content (AvgIpc) is 3.31. The Morgan fingerprint density at radius 3 is 2.53 bits per heavy atom. The van der Waals surface area contributed by atoms with Crippen LogP contribution in [0, 0.1) is 23.0 Å². The van der Waals surface area contributed by atoms with Crippen molar-refractivity contribution in [3.05, 3.63) is 48.1 Å². The van der Waals surface area contributed by atoms with Crippen molar-refractivity contribution in [2.24, 2.45) is 16.5 Å². The summed E-state index contributed by atoms with van der Waals surface area (Å²) < 4.78 is 35.2. The predicted molar refractivity (Wildman–Crippen MR) is 106 cm³/mol. The highest BCUT2D eigenvalue weighted by atomic mass is 19.1. The molecule has 1 fully saturated rings. The summed E-state index contributed by atoms with van der Waals surface area (Å²) >= 11 is 0. The quantitative estimate of drug-likeness (QED) is 0.379. The van der Waals surface area contributed by atoms with Crippen molar-refractivity contribution in [3.8, 4) is 0 Å². The van der Waals surface area contributed by atoms with Crippen LogP contribution in [0.1, 0.15) is 46.1 Å². The molecule has 0 spiro atoms. The zero-order chi connectivity index (χ0) is 22.2. The van der Waals surface area contributed by atoms with Gasteiger partial charge in [-0.1, -0.05) is 25.1 Å². The summed E-state index contributed by atoms with van der Waals surface area (Å²) in [6.45, 7) is 7.22. The fourth-order valence-corrected chi connectivity index (χ4v) is 3.82. The average molecular weight is 422 g/mol. The largest absolute Gasteiger partial charge is 0.382 e. The Morgan fingerprint density at radius 2 is 2.03 bits per heavy atom. The van der Waals surface area contributed by atoms with Crippen molar-refractivity contribution in [2.45, 2.75) is 58.5 Å². The van der Waals surface area contributed by atoms with E-state index >= 15 is 0 Å². The van der Waals surface area contributed by atoms with Gasteiger partial charge in [0.1, 0.15) is 29.9 Å². The highest BCUT2D eigenvalue weighted by Crippen LogP contribution is 2.61. The van der Waals surface area contributed by atoms with Crippen LogP contribution in [0.5, 0.6) is 0 Å². The molecule has 1 aliphatic carbocycles. The molecule has 1 aromatic carbocycles. The lowest BCUT2D eigenvalue weighted by atomic mass is 9.72. The van der Waals surface area contributed by atoms with Crippen molar-refractivity contribution in [3.63, 3.8) is 0 Å². The molecule has 1 unspecified atom stereocenters. The molecule has 7 nitrogen and oxygen atoms in total. The molecule has 0 radical (unpaired) electrons. The molecule has 3 rings (SSSR count). The van der Waals surface area contributed by atoms with Crippen LogP contribution in [0.25, 0.3) is 0 Å². The van der Waals surface area contributed by atoms with Gasteiger partial charge in [-0.15, -0.1) is 0 Å². The van der Waals surface area contributed by atoms with Crippen LogP contribution < -0.4 is 0 Å². The number of ether oxygens (including phenoxy) is 1. The van der Waals surface area contributed by atoms with Crippen LogP contribution in [0.4, 0.5) is 8.78 Å². The monoisotopic (exact) mass is 422 g/mol. The number of methoxy groups -OCH3 is 1. The molecule has 0 saturated heterocycles. The number of nitrogens with zero attached hydrogens (tertiary/aromatic N) is 4. The Bertz CT molecular complexity index is 911. The van der Waals surface area contributed by atoms with Crippen molar-refractivity contribution < 1.29 is 23.5 Å². The fourth-order valence-electron chi connectivity index (χ4n) is 3.82. The Balaban J connectivity index is 2.13. The summed E-state index contributed by atoms with van der Waals surface area (Å²) in [4.78, 5) is 9.52. The summed E-state index contributed by atoms with van der Waals surface area (Å²) in [5.74, 6) is -2.62. The maximum absolute atomic E-state index is 14.9. The minimum Gasteiger partial charge on any atom is -0.382 e. The van der Waals surface area contributed by atoms with E-state index in [9.17, 15) is 13.9 Å². The van der Waals surface area contributed by atoms with E-state index in [1.165, 1.54) is 30.5 Å². The number of rotatable bonds is 9. The van der Waals surface area contributed by atoms with Gasteiger partial charge < -0.3 is 14.7 Å². The zero-order valence-electron chi connectivity index (χ0n) is 17.9. The third-order valence-corrected chi connectivity index (χ3v) is 5.67. The normalized spacial score (nSPS) is 18.4. The number of aliphatic hydroxyl groups is 1. The first-order chi connectivity index (χ1) is 14.0. The number of aromatic nitrogens is 3. The van der Waals surface area contributed by atoms with Crippen molar-refractivity contribution in [1.29, 1.82) is 0 Å². The van der Waals surface area contributed by atoms with Crippen molar-refractivity contribution >= 4 is 5.71 Å². The molecular formula is C21H28F2N4O3. The van der Waals surface area contributed by atoms with Crippen LogP contribution in [-0.4, -0.2) is 38.5 Å². The van der Waals surface area contributed by atoms with E-state index in [0.29, 0.717) is 18.6 Å². The molecule has 1 N–H and O–H groups in total. The number of benzene rings is 1. The Morgan fingerprint density at radius 1 is 1.33 bits per heavy atom. The maximum atomic E-state index is 14.9. The molecule has 9 heteroatoms. The van der Waals surface area contributed by atoms with Gasteiger partial charge in [0.2, 0.25) is 5.79 Å². The minimum absolute atomic E-state index is 0.0174.